The van der Waals surface area contributed by atoms with E-state index >= 15 is 0 Å². The Morgan fingerprint density at radius 3 is 3.20 bits per heavy atom. The summed E-state index contributed by atoms with van der Waals surface area (Å²) in [4.78, 5) is 4.52. The van der Waals surface area contributed by atoms with Crippen molar-refractivity contribution in [3.05, 3.63) is 36.1 Å². The van der Waals surface area contributed by atoms with E-state index in [-0.39, 0.29) is 0 Å². The minimum Gasteiger partial charge on any atom is -0.259 e. The first-order valence-corrected chi connectivity index (χ1v) is 4.07. The second-order valence-corrected chi connectivity index (χ2v) is 3.23. The lowest BCUT2D eigenvalue weighted by Crippen LogP contribution is -2.13. The largest absolute Gasteiger partial charge is 0.259 e. The average molecular weight is 196 g/mol. The standard InChI is InChI=1S/C8H6BrN/c9-7-3-1-2-6-4-5-10-8(6)7/h1-5,7H/t7-/m0/s1. The number of allylic oxidation sites excluding steroid dienone is 5. The van der Waals surface area contributed by atoms with Gasteiger partial charge in [-0.25, -0.2) is 0 Å². The zero-order chi connectivity index (χ0) is 6.97. The molecule has 0 unspecified atom stereocenters. The Bertz CT molecular complexity index is 271. The number of nitrogens with zero attached hydrogens (tertiary/aromatic N) is 1. The number of hydrogen-bond donors (Lipinski definition) is 0. The van der Waals surface area contributed by atoms with E-state index in [2.05, 4.69) is 33.1 Å². The summed E-state index contributed by atoms with van der Waals surface area (Å²) in [5.41, 5.74) is 2.35. The molecule has 0 saturated heterocycles. The van der Waals surface area contributed by atoms with Crippen molar-refractivity contribution >= 4 is 21.6 Å². The lowest BCUT2D eigenvalue weighted by molar-refractivity contribution is 1.45. The topological polar surface area (TPSA) is 12.4 Å². The van der Waals surface area contributed by atoms with Gasteiger partial charge in [-0.15, -0.1) is 0 Å². The molecule has 1 nitrogen and oxygen atoms in total. The summed E-state index contributed by atoms with van der Waals surface area (Å²) in [7, 11) is 0. The van der Waals surface area contributed by atoms with Gasteiger partial charge in [0.15, 0.2) is 0 Å². The second-order valence-electron chi connectivity index (χ2n) is 2.24. The lowest BCUT2D eigenvalue weighted by atomic mass is 10.0. The van der Waals surface area contributed by atoms with E-state index in [1.54, 1.807) is 0 Å². The van der Waals surface area contributed by atoms with Crippen molar-refractivity contribution in [3.8, 4) is 0 Å². The highest BCUT2D eigenvalue weighted by atomic mass is 79.9. The van der Waals surface area contributed by atoms with Crippen LogP contribution in [0.4, 0.5) is 0 Å². The highest BCUT2D eigenvalue weighted by Crippen LogP contribution is 2.21. The Morgan fingerprint density at radius 2 is 2.40 bits per heavy atom. The molecule has 1 heterocycles. The van der Waals surface area contributed by atoms with Gasteiger partial charge in [0.05, 0.1) is 10.5 Å². The first-order valence-electron chi connectivity index (χ1n) is 3.15. The van der Waals surface area contributed by atoms with Gasteiger partial charge in [-0.3, -0.25) is 4.99 Å². The highest BCUT2D eigenvalue weighted by Gasteiger charge is 2.16. The minimum atomic E-state index is 0.308. The summed E-state index contributed by atoms with van der Waals surface area (Å²) in [6, 6.07) is 0. The molecule has 0 amide bonds. The normalized spacial score (nSPS) is 27.9. The molecule has 1 atom stereocenters. The van der Waals surface area contributed by atoms with Gasteiger partial charge in [-0.1, -0.05) is 34.2 Å². The summed E-state index contributed by atoms with van der Waals surface area (Å²) in [6.45, 7) is 0. The fourth-order valence-corrected chi connectivity index (χ4v) is 1.64. The first kappa shape index (κ1) is 6.10. The average Bonchev–Trinajstić information content (AvgIpc) is 2.36. The van der Waals surface area contributed by atoms with Crippen LogP contribution in [0.25, 0.3) is 0 Å². The van der Waals surface area contributed by atoms with Gasteiger partial charge in [0.25, 0.3) is 0 Å². The van der Waals surface area contributed by atoms with Crippen molar-refractivity contribution in [2.24, 2.45) is 4.99 Å². The van der Waals surface area contributed by atoms with Crippen LogP contribution in [0.5, 0.6) is 0 Å². The second kappa shape index (κ2) is 2.20. The Labute approximate surface area is 68.0 Å². The molecule has 10 heavy (non-hydrogen) atoms. The Kier molecular flexibility index (Phi) is 1.34. The Balaban J connectivity index is 2.45. The zero-order valence-electron chi connectivity index (χ0n) is 5.29. The number of halogens is 1. The monoisotopic (exact) mass is 195 g/mol. The van der Waals surface area contributed by atoms with Crippen LogP contribution in [-0.4, -0.2) is 10.5 Å². The molecular formula is C8H6BrN. The predicted octanol–water partition coefficient (Wildman–Crippen LogP) is 2.21. The van der Waals surface area contributed by atoms with Gasteiger partial charge < -0.3 is 0 Å². The van der Waals surface area contributed by atoms with E-state index in [1.807, 2.05) is 18.4 Å². The molecular weight excluding hydrogens is 190 g/mol. The molecule has 0 aromatic carbocycles. The van der Waals surface area contributed by atoms with E-state index in [9.17, 15) is 0 Å². The van der Waals surface area contributed by atoms with E-state index < -0.39 is 0 Å². The molecule has 0 radical (unpaired) electrons. The third-order valence-electron chi connectivity index (χ3n) is 1.58. The molecule has 0 bridgehead atoms. The third kappa shape index (κ3) is 0.797. The van der Waals surface area contributed by atoms with Crippen LogP contribution < -0.4 is 0 Å². The molecule has 1 aliphatic heterocycles. The van der Waals surface area contributed by atoms with Gasteiger partial charge in [0.2, 0.25) is 0 Å². The maximum absolute atomic E-state index is 4.21. The van der Waals surface area contributed by atoms with Gasteiger partial charge in [0.1, 0.15) is 0 Å². The highest BCUT2D eigenvalue weighted by molar-refractivity contribution is 9.10. The molecule has 2 heteroatoms. The molecule has 0 saturated carbocycles. The van der Waals surface area contributed by atoms with Crippen LogP contribution in [0, 0.1) is 0 Å². The fourth-order valence-electron chi connectivity index (χ4n) is 1.08. The summed E-state index contributed by atoms with van der Waals surface area (Å²) in [5.74, 6) is 0. The molecule has 50 valence electrons. The van der Waals surface area contributed by atoms with Gasteiger partial charge in [0, 0.05) is 6.20 Å². The number of alkyl halides is 1. The van der Waals surface area contributed by atoms with E-state index in [0.29, 0.717) is 4.83 Å². The van der Waals surface area contributed by atoms with Crippen molar-refractivity contribution in [1.82, 2.24) is 0 Å². The molecule has 0 spiro atoms. The van der Waals surface area contributed by atoms with Crippen LogP contribution in [0.2, 0.25) is 0 Å². The lowest BCUT2D eigenvalue weighted by Gasteiger charge is -2.09. The molecule has 1 aliphatic carbocycles. The summed E-state index contributed by atoms with van der Waals surface area (Å²) in [5, 5.41) is 0. The van der Waals surface area contributed by atoms with E-state index in [4.69, 9.17) is 0 Å². The molecule has 0 N–H and O–H groups in total. The van der Waals surface area contributed by atoms with Crippen LogP contribution in [0.15, 0.2) is 41.1 Å². The van der Waals surface area contributed by atoms with Gasteiger partial charge in [-0.2, -0.15) is 0 Å². The first-order chi connectivity index (χ1) is 4.88. The summed E-state index contributed by atoms with van der Waals surface area (Å²) < 4.78 is 0. The smallest absolute Gasteiger partial charge is 0.0757 e. The van der Waals surface area contributed by atoms with E-state index in [0.717, 1.165) is 5.71 Å². The van der Waals surface area contributed by atoms with Gasteiger partial charge in [-0.05, 0) is 11.6 Å². The van der Waals surface area contributed by atoms with Crippen molar-refractivity contribution < 1.29 is 0 Å². The van der Waals surface area contributed by atoms with Gasteiger partial charge >= 0.3 is 0 Å². The quantitative estimate of drug-likeness (QED) is 0.526. The van der Waals surface area contributed by atoms with Crippen molar-refractivity contribution in [3.63, 3.8) is 0 Å². The molecule has 2 aliphatic rings. The van der Waals surface area contributed by atoms with E-state index in [1.165, 1.54) is 5.57 Å². The third-order valence-corrected chi connectivity index (χ3v) is 2.32. The number of fused-ring (bicyclic) bond motifs is 1. The van der Waals surface area contributed by atoms with Crippen molar-refractivity contribution in [1.29, 1.82) is 0 Å². The number of rotatable bonds is 0. The summed E-state index contributed by atoms with van der Waals surface area (Å²) in [6.07, 6.45) is 10.0. The maximum atomic E-state index is 4.21. The minimum absolute atomic E-state index is 0.308. The van der Waals surface area contributed by atoms with Crippen LogP contribution >= 0.6 is 15.9 Å². The van der Waals surface area contributed by atoms with Crippen LogP contribution in [-0.2, 0) is 0 Å². The van der Waals surface area contributed by atoms with Crippen LogP contribution in [0.3, 0.4) is 0 Å². The fraction of sp³-hybridized carbons (Fsp3) is 0.125. The van der Waals surface area contributed by atoms with Crippen molar-refractivity contribution in [2.45, 2.75) is 4.83 Å². The Hall–Kier alpha value is -0.630. The molecule has 0 fully saturated rings. The van der Waals surface area contributed by atoms with Crippen molar-refractivity contribution in [2.75, 3.05) is 0 Å². The maximum Gasteiger partial charge on any atom is 0.0757 e. The Morgan fingerprint density at radius 1 is 1.50 bits per heavy atom. The zero-order valence-corrected chi connectivity index (χ0v) is 6.88. The van der Waals surface area contributed by atoms with Crippen LogP contribution in [0.1, 0.15) is 0 Å². The SMILES string of the molecule is Br[C@H]1C=CC=C2C=CN=C21. The molecule has 2 rings (SSSR count). The molecule has 0 aromatic heterocycles. The number of aliphatic imine (C=N–C) groups is 1. The predicted molar refractivity (Wildman–Crippen MR) is 46.5 cm³/mol. The summed E-state index contributed by atoms with van der Waals surface area (Å²) >= 11 is 3.50. The number of hydrogen-bond acceptors (Lipinski definition) is 1. The molecule has 0 aromatic rings.